The highest BCUT2D eigenvalue weighted by Crippen LogP contribution is 2.16. The number of rotatable bonds is 4. The number of nitrogens with one attached hydrogen (secondary N) is 2. The third-order valence-electron chi connectivity index (χ3n) is 4.28. The maximum absolute atomic E-state index is 12.0. The standard InChI is InChI=1S/C14H24N2O3/c1-2-19-13(17)10-12-14(18)15-8-9-16(12)11-6-4-3-5-7-11/h11-12H,2-10H2,1H3,(H,15,18)/p+1/t12-/m1/s1. The molecule has 2 rings (SSSR count). The van der Waals surface area contributed by atoms with Gasteiger partial charge in [0, 0.05) is 0 Å². The van der Waals surface area contributed by atoms with E-state index in [1.165, 1.54) is 37.0 Å². The van der Waals surface area contributed by atoms with E-state index in [-0.39, 0.29) is 24.3 Å². The second-order valence-electron chi connectivity index (χ2n) is 5.51. The van der Waals surface area contributed by atoms with Crippen LogP contribution < -0.4 is 10.2 Å². The first-order valence-electron chi connectivity index (χ1n) is 7.51. The predicted molar refractivity (Wildman–Crippen MR) is 70.8 cm³/mol. The highest BCUT2D eigenvalue weighted by Gasteiger charge is 2.40. The number of carbonyl (C=O) groups excluding carboxylic acids is 2. The van der Waals surface area contributed by atoms with E-state index >= 15 is 0 Å². The van der Waals surface area contributed by atoms with E-state index < -0.39 is 0 Å². The monoisotopic (exact) mass is 269 g/mol. The van der Waals surface area contributed by atoms with Crippen molar-refractivity contribution in [1.29, 1.82) is 0 Å². The maximum Gasteiger partial charge on any atom is 0.312 e. The first-order chi connectivity index (χ1) is 9.22. The molecule has 0 bridgehead atoms. The summed E-state index contributed by atoms with van der Waals surface area (Å²) in [5.41, 5.74) is 0. The summed E-state index contributed by atoms with van der Waals surface area (Å²) in [5.74, 6) is -0.238. The summed E-state index contributed by atoms with van der Waals surface area (Å²) >= 11 is 0. The molecule has 0 radical (unpaired) electrons. The molecule has 0 aromatic rings. The van der Waals surface area contributed by atoms with Crippen LogP contribution in [0.3, 0.4) is 0 Å². The Bertz CT molecular complexity index is 327. The molecule has 1 aliphatic heterocycles. The highest BCUT2D eigenvalue weighted by atomic mass is 16.5. The molecule has 1 saturated heterocycles. The van der Waals surface area contributed by atoms with Crippen molar-refractivity contribution >= 4 is 11.9 Å². The molecule has 2 fully saturated rings. The van der Waals surface area contributed by atoms with Gasteiger partial charge in [-0.3, -0.25) is 9.59 Å². The number of amides is 1. The molecular formula is C14H25N2O3+. The van der Waals surface area contributed by atoms with Gasteiger partial charge in [0.15, 0.2) is 6.04 Å². The van der Waals surface area contributed by atoms with Crippen molar-refractivity contribution in [2.45, 2.75) is 57.5 Å². The molecule has 2 atom stereocenters. The maximum atomic E-state index is 12.0. The number of esters is 1. The molecule has 1 aliphatic carbocycles. The molecular weight excluding hydrogens is 244 g/mol. The van der Waals surface area contributed by atoms with Crippen molar-refractivity contribution < 1.29 is 19.2 Å². The minimum absolute atomic E-state index is 0.0138. The van der Waals surface area contributed by atoms with Crippen LogP contribution in [0.2, 0.25) is 0 Å². The van der Waals surface area contributed by atoms with Gasteiger partial charge in [0.25, 0.3) is 5.91 Å². The third kappa shape index (κ3) is 3.69. The van der Waals surface area contributed by atoms with Crippen LogP contribution >= 0.6 is 0 Å². The molecule has 5 nitrogen and oxygen atoms in total. The molecule has 0 aromatic heterocycles. The normalized spacial score (nSPS) is 28.8. The number of ether oxygens (including phenoxy) is 1. The predicted octanol–water partition coefficient (Wildman–Crippen LogP) is -0.344. The summed E-state index contributed by atoms with van der Waals surface area (Å²) < 4.78 is 5.00. The number of quaternary nitrogens is 1. The molecule has 19 heavy (non-hydrogen) atoms. The van der Waals surface area contributed by atoms with Gasteiger partial charge < -0.3 is 15.0 Å². The van der Waals surface area contributed by atoms with Crippen molar-refractivity contribution in [2.24, 2.45) is 0 Å². The zero-order valence-electron chi connectivity index (χ0n) is 11.7. The fraction of sp³-hybridized carbons (Fsp3) is 0.857. The highest BCUT2D eigenvalue weighted by molar-refractivity contribution is 5.85. The van der Waals surface area contributed by atoms with Gasteiger partial charge in [-0.05, 0) is 32.6 Å². The molecule has 1 heterocycles. The minimum atomic E-state index is -0.254. The van der Waals surface area contributed by atoms with E-state index in [4.69, 9.17) is 4.74 Å². The third-order valence-corrected chi connectivity index (χ3v) is 4.28. The Kier molecular flexibility index (Phi) is 5.19. The van der Waals surface area contributed by atoms with E-state index in [1.807, 2.05) is 0 Å². The molecule has 5 heteroatoms. The van der Waals surface area contributed by atoms with Crippen LogP contribution in [0.5, 0.6) is 0 Å². The van der Waals surface area contributed by atoms with Gasteiger partial charge in [0.1, 0.15) is 6.42 Å². The van der Waals surface area contributed by atoms with Gasteiger partial charge in [0.2, 0.25) is 0 Å². The fourth-order valence-corrected chi connectivity index (χ4v) is 3.37. The first-order valence-corrected chi connectivity index (χ1v) is 7.51. The van der Waals surface area contributed by atoms with Crippen LogP contribution in [-0.2, 0) is 14.3 Å². The summed E-state index contributed by atoms with van der Waals surface area (Å²) in [6.45, 7) is 3.83. The zero-order chi connectivity index (χ0) is 13.7. The van der Waals surface area contributed by atoms with Gasteiger partial charge in [-0.25, -0.2) is 0 Å². The molecule has 1 unspecified atom stereocenters. The lowest BCUT2D eigenvalue weighted by Gasteiger charge is -2.38. The number of carbonyl (C=O) groups is 2. The number of piperazine rings is 1. The molecule has 1 saturated carbocycles. The van der Waals surface area contributed by atoms with Gasteiger partial charge in [0.05, 0.1) is 25.7 Å². The van der Waals surface area contributed by atoms with Crippen molar-refractivity contribution in [3.05, 3.63) is 0 Å². The van der Waals surface area contributed by atoms with Crippen LogP contribution in [0.4, 0.5) is 0 Å². The number of hydrogen-bond acceptors (Lipinski definition) is 3. The second-order valence-corrected chi connectivity index (χ2v) is 5.51. The van der Waals surface area contributed by atoms with Gasteiger partial charge >= 0.3 is 5.97 Å². The van der Waals surface area contributed by atoms with Crippen molar-refractivity contribution in [3.8, 4) is 0 Å². The SMILES string of the molecule is CCOC(=O)C[C@@H]1C(=O)NCC[NH+]1C1CCCCC1. The Morgan fingerprint density at radius 1 is 1.37 bits per heavy atom. The quantitative estimate of drug-likeness (QED) is 0.686. The lowest BCUT2D eigenvalue weighted by atomic mass is 9.92. The van der Waals surface area contributed by atoms with Crippen LogP contribution in [0.1, 0.15) is 45.4 Å². The lowest BCUT2D eigenvalue weighted by Crippen LogP contribution is -3.22. The van der Waals surface area contributed by atoms with E-state index in [0.717, 1.165) is 13.1 Å². The van der Waals surface area contributed by atoms with Crippen LogP contribution in [0.15, 0.2) is 0 Å². The summed E-state index contributed by atoms with van der Waals surface area (Å²) in [7, 11) is 0. The fourth-order valence-electron chi connectivity index (χ4n) is 3.37. The Morgan fingerprint density at radius 3 is 2.79 bits per heavy atom. The van der Waals surface area contributed by atoms with E-state index in [2.05, 4.69) is 5.32 Å². The van der Waals surface area contributed by atoms with E-state index in [1.54, 1.807) is 6.92 Å². The van der Waals surface area contributed by atoms with Gasteiger partial charge in [-0.2, -0.15) is 0 Å². The molecule has 1 amide bonds. The van der Waals surface area contributed by atoms with E-state index in [9.17, 15) is 9.59 Å². The molecule has 0 aromatic carbocycles. The van der Waals surface area contributed by atoms with Crippen molar-refractivity contribution in [3.63, 3.8) is 0 Å². The van der Waals surface area contributed by atoms with E-state index in [0.29, 0.717) is 12.6 Å². The Morgan fingerprint density at radius 2 is 2.11 bits per heavy atom. The largest absolute Gasteiger partial charge is 0.466 e. The van der Waals surface area contributed by atoms with Crippen LogP contribution in [0, 0.1) is 0 Å². The molecule has 108 valence electrons. The van der Waals surface area contributed by atoms with Gasteiger partial charge in [-0.1, -0.05) is 6.42 Å². The van der Waals surface area contributed by atoms with Crippen molar-refractivity contribution in [1.82, 2.24) is 5.32 Å². The Hall–Kier alpha value is -1.10. The first kappa shape index (κ1) is 14.3. The Balaban J connectivity index is 2.00. The minimum Gasteiger partial charge on any atom is -0.466 e. The summed E-state index contributed by atoms with van der Waals surface area (Å²) in [6, 6.07) is 0.287. The second kappa shape index (κ2) is 6.89. The van der Waals surface area contributed by atoms with Crippen LogP contribution in [0.25, 0.3) is 0 Å². The summed E-state index contributed by atoms with van der Waals surface area (Å²) in [5, 5.41) is 2.88. The zero-order valence-corrected chi connectivity index (χ0v) is 11.7. The number of hydrogen-bond donors (Lipinski definition) is 2. The van der Waals surface area contributed by atoms with Crippen LogP contribution in [-0.4, -0.2) is 43.7 Å². The van der Waals surface area contributed by atoms with Crippen molar-refractivity contribution in [2.75, 3.05) is 19.7 Å². The average Bonchev–Trinajstić information content (AvgIpc) is 2.42. The topological polar surface area (TPSA) is 59.8 Å². The molecule has 0 spiro atoms. The summed E-state index contributed by atoms with van der Waals surface area (Å²) in [4.78, 5) is 25.0. The lowest BCUT2D eigenvalue weighted by molar-refractivity contribution is -0.943. The Labute approximate surface area is 114 Å². The molecule has 2 aliphatic rings. The molecule has 2 N–H and O–H groups in total. The summed E-state index contributed by atoms with van der Waals surface area (Å²) in [6.07, 6.45) is 6.39. The average molecular weight is 269 g/mol. The van der Waals surface area contributed by atoms with Gasteiger partial charge in [-0.15, -0.1) is 0 Å². The smallest absolute Gasteiger partial charge is 0.312 e.